The molecule has 0 bridgehead atoms. The highest BCUT2D eigenvalue weighted by Gasteiger charge is 2.38. The summed E-state index contributed by atoms with van der Waals surface area (Å²) in [6, 6.07) is 0. The van der Waals surface area contributed by atoms with E-state index in [9.17, 15) is 30.3 Å². The van der Waals surface area contributed by atoms with E-state index in [1.54, 1.807) is 57.2 Å². The fraction of sp³-hybridized carbons (Fsp3) is 0.667. The van der Waals surface area contributed by atoms with Crippen molar-refractivity contribution in [1.29, 1.82) is 0 Å². The Morgan fingerprint density at radius 3 is 2.21 bits per heavy atom. The third kappa shape index (κ3) is 13.1. The van der Waals surface area contributed by atoms with E-state index < -0.39 is 60.5 Å². The van der Waals surface area contributed by atoms with Crippen LogP contribution in [-0.4, -0.2) is 88.4 Å². The number of rotatable bonds is 11. The molecule has 9 nitrogen and oxygen atoms in total. The number of cyclic esters (lactones) is 1. The van der Waals surface area contributed by atoms with Crippen molar-refractivity contribution in [3.05, 3.63) is 71.6 Å². The number of methoxy groups -OCH3 is 2. The van der Waals surface area contributed by atoms with E-state index in [1.807, 2.05) is 53.7 Å². The predicted molar refractivity (Wildman–Crippen MR) is 191 cm³/mol. The Kier molecular flexibility index (Phi) is 19.5. The minimum absolute atomic E-state index is 0.0711. The first kappa shape index (κ1) is 43.5. The molecule has 9 heteroatoms. The first-order valence-corrected chi connectivity index (χ1v) is 17.3. The number of carbonyl (C=O) groups excluding carboxylic acids is 1. The lowest BCUT2D eigenvalue weighted by molar-refractivity contribution is -0.162. The van der Waals surface area contributed by atoms with E-state index in [4.69, 9.17) is 14.2 Å². The second-order valence-electron chi connectivity index (χ2n) is 13.6. The van der Waals surface area contributed by atoms with E-state index in [1.165, 1.54) is 20.3 Å². The number of hydrogen-bond donors (Lipinski definition) is 5. The van der Waals surface area contributed by atoms with Crippen LogP contribution in [0.3, 0.4) is 0 Å². The van der Waals surface area contributed by atoms with Gasteiger partial charge in [0, 0.05) is 36.7 Å². The summed E-state index contributed by atoms with van der Waals surface area (Å²) in [5.74, 6) is -3.21. The van der Waals surface area contributed by atoms with Crippen LogP contribution < -0.4 is 0 Å². The third-order valence-electron chi connectivity index (χ3n) is 9.62. The molecule has 1 heterocycles. The lowest BCUT2D eigenvalue weighted by atomic mass is 9.79. The monoisotopic (exact) mass is 676 g/mol. The molecule has 0 saturated carbocycles. The zero-order valence-corrected chi connectivity index (χ0v) is 31.0. The summed E-state index contributed by atoms with van der Waals surface area (Å²) in [4.78, 5) is 13.6. The van der Waals surface area contributed by atoms with Crippen LogP contribution in [0.1, 0.15) is 75.2 Å². The summed E-state index contributed by atoms with van der Waals surface area (Å²) in [5, 5.41) is 55.1. The standard InChI is InChI=1S/C39H64O9/c1-12-15-31(40)25(5)18-19-32(41)28(8)37(44)29(9)38-33(46-10)17-14-16-23(3)20-26(6)35(42)30(13-2)36(43)27(7)21-24(4)22-34(47-11)39(45)48-38/h12,14-19,21-22,25-33,35-38,40-44H,13,20H2,1-11H3/b15-12+,17-14-,19-18+,23-16-,24-21-,34-22+. The molecule has 13 unspecified atom stereocenters. The minimum atomic E-state index is -1.12. The van der Waals surface area contributed by atoms with E-state index in [0.29, 0.717) is 18.4 Å². The van der Waals surface area contributed by atoms with Crippen molar-refractivity contribution in [2.24, 2.45) is 35.5 Å². The zero-order valence-electron chi connectivity index (χ0n) is 31.0. The minimum Gasteiger partial charge on any atom is -0.490 e. The first-order chi connectivity index (χ1) is 22.5. The van der Waals surface area contributed by atoms with Crippen LogP contribution in [0.5, 0.6) is 0 Å². The second kappa shape index (κ2) is 21.5. The molecule has 274 valence electrons. The van der Waals surface area contributed by atoms with Gasteiger partial charge < -0.3 is 39.7 Å². The van der Waals surface area contributed by atoms with Crippen molar-refractivity contribution in [2.45, 2.75) is 118 Å². The Hall–Kier alpha value is -2.53. The Labute approximate surface area is 289 Å². The molecule has 0 aromatic rings. The van der Waals surface area contributed by atoms with Gasteiger partial charge in [-0.1, -0.05) is 101 Å². The summed E-state index contributed by atoms with van der Waals surface area (Å²) < 4.78 is 17.3. The zero-order chi connectivity index (χ0) is 36.7. The molecule has 48 heavy (non-hydrogen) atoms. The van der Waals surface area contributed by atoms with Gasteiger partial charge in [0.05, 0.1) is 37.6 Å². The number of aliphatic hydroxyl groups is 5. The molecule has 0 spiro atoms. The van der Waals surface area contributed by atoms with Crippen molar-refractivity contribution in [3.63, 3.8) is 0 Å². The van der Waals surface area contributed by atoms with Gasteiger partial charge in [-0.15, -0.1) is 0 Å². The van der Waals surface area contributed by atoms with Crippen LogP contribution in [0.15, 0.2) is 71.6 Å². The molecule has 1 rings (SSSR count). The molecule has 0 aliphatic carbocycles. The predicted octanol–water partition coefficient (Wildman–Crippen LogP) is 5.44. The summed E-state index contributed by atoms with van der Waals surface area (Å²) >= 11 is 0. The van der Waals surface area contributed by atoms with Crippen LogP contribution in [0.25, 0.3) is 0 Å². The maximum absolute atomic E-state index is 13.6. The molecule has 1 aliphatic heterocycles. The quantitative estimate of drug-likeness (QED) is 0.143. The van der Waals surface area contributed by atoms with Crippen LogP contribution in [0, 0.1) is 35.5 Å². The highest BCUT2D eigenvalue weighted by atomic mass is 16.6. The van der Waals surface area contributed by atoms with Gasteiger partial charge in [0.2, 0.25) is 5.76 Å². The van der Waals surface area contributed by atoms with Crippen LogP contribution in [0.2, 0.25) is 0 Å². The Morgan fingerprint density at radius 2 is 1.65 bits per heavy atom. The Balaban J connectivity index is 3.58. The van der Waals surface area contributed by atoms with Crippen molar-refractivity contribution < 1.29 is 44.5 Å². The molecule has 0 aromatic heterocycles. The SMILES string of the molecule is C/C=C/C(O)C(C)/C=C/C(O)C(C)C(O)C(C)C1OC(=O)/C(OC)=C\C(C)=C/C(C)C(O)C(CC)C(O)C(C)C/C(C)=C\C=C/C1OC. The summed E-state index contributed by atoms with van der Waals surface area (Å²) in [5.41, 5.74) is 1.67. The molecule has 13 atom stereocenters. The van der Waals surface area contributed by atoms with Crippen LogP contribution in [0.4, 0.5) is 0 Å². The van der Waals surface area contributed by atoms with E-state index in [-0.39, 0.29) is 29.4 Å². The molecule has 5 N–H and O–H groups in total. The number of aliphatic hydroxyl groups excluding tert-OH is 5. The topological polar surface area (TPSA) is 146 Å². The third-order valence-corrected chi connectivity index (χ3v) is 9.62. The van der Waals surface area contributed by atoms with E-state index >= 15 is 0 Å². The first-order valence-electron chi connectivity index (χ1n) is 17.3. The fourth-order valence-corrected chi connectivity index (χ4v) is 6.30. The van der Waals surface area contributed by atoms with Gasteiger partial charge in [-0.2, -0.15) is 0 Å². The van der Waals surface area contributed by atoms with Gasteiger partial charge in [0.15, 0.2) is 0 Å². The number of carbonyl (C=O) groups is 1. The van der Waals surface area contributed by atoms with Crippen molar-refractivity contribution in [3.8, 4) is 0 Å². The maximum atomic E-state index is 13.6. The second-order valence-corrected chi connectivity index (χ2v) is 13.6. The van der Waals surface area contributed by atoms with Gasteiger partial charge in [-0.3, -0.25) is 0 Å². The Morgan fingerprint density at radius 1 is 1.00 bits per heavy atom. The van der Waals surface area contributed by atoms with Gasteiger partial charge >= 0.3 is 5.97 Å². The average molecular weight is 677 g/mol. The molecular weight excluding hydrogens is 612 g/mol. The molecular formula is C39H64O9. The number of allylic oxidation sites excluding steroid dienone is 6. The molecule has 1 aliphatic rings. The molecule has 0 fully saturated rings. The van der Waals surface area contributed by atoms with Crippen LogP contribution in [-0.2, 0) is 19.0 Å². The summed E-state index contributed by atoms with van der Waals surface area (Å²) in [6.45, 7) is 16.7. The van der Waals surface area contributed by atoms with Gasteiger partial charge in [-0.05, 0) is 45.6 Å². The Bertz CT molecular complexity index is 1150. The number of ether oxygens (including phenoxy) is 3. The lowest BCUT2D eigenvalue weighted by Gasteiger charge is -2.35. The number of hydrogen-bond acceptors (Lipinski definition) is 9. The van der Waals surface area contributed by atoms with E-state index in [2.05, 4.69) is 0 Å². The van der Waals surface area contributed by atoms with Gasteiger partial charge in [0.1, 0.15) is 12.2 Å². The molecule has 0 saturated heterocycles. The summed E-state index contributed by atoms with van der Waals surface area (Å²) in [7, 11) is 2.86. The summed E-state index contributed by atoms with van der Waals surface area (Å²) in [6.07, 6.45) is 10.6. The highest BCUT2D eigenvalue weighted by molar-refractivity contribution is 5.87. The largest absolute Gasteiger partial charge is 0.490 e. The van der Waals surface area contributed by atoms with Crippen LogP contribution >= 0.6 is 0 Å². The average Bonchev–Trinajstić information content (AvgIpc) is 3.05. The maximum Gasteiger partial charge on any atom is 0.373 e. The number of esters is 1. The lowest BCUT2D eigenvalue weighted by Crippen LogP contribution is -2.46. The van der Waals surface area contributed by atoms with Gasteiger partial charge in [-0.25, -0.2) is 4.79 Å². The molecule has 0 amide bonds. The smallest absolute Gasteiger partial charge is 0.373 e. The van der Waals surface area contributed by atoms with Gasteiger partial charge in [0.25, 0.3) is 0 Å². The highest BCUT2D eigenvalue weighted by Crippen LogP contribution is 2.30. The molecule has 0 aromatic carbocycles. The van der Waals surface area contributed by atoms with Crippen molar-refractivity contribution in [2.75, 3.05) is 14.2 Å². The molecule has 0 radical (unpaired) electrons. The fourth-order valence-electron chi connectivity index (χ4n) is 6.30. The van der Waals surface area contributed by atoms with E-state index in [0.717, 1.165) is 5.57 Å². The van der Waals surface area contributed by atoms with Crippen molar-refractivity contribution in [1.82, 2.24) is 0 Å². The normalized spacial score (nSPS) is 35.0. The van der Waals surface area contributed by atoms with Crippen molar-refractivity contribution >= 4 is 5.97 Å².